The van der Waals surface area contributed by atoms with Gasteiger partial charge in [-0.3, -0.25) is 0 Å². The van der Waals surface area contributed by atoms with E-state index in [2.05, 4.69) is 0 Å². The van der Waals surface area contributed by atoms with Crippen LogP contribution in [0.25, 0.3) is 10.8 Å². The summed E-state index contributed by atoms with van der Waals surface area (Å²) in [6.07, 6.45) is 0.262. The predicted octanol–water partition coefficient (Wildman–Crippen LogP) is 2.43. The Kier molecular flexibility index (Phi) is 3.97. The maximum Gasteiger partial charge on any atom is 0.182 e. The summed E-state index contributed by atoms with van der Waals surface area (Å²) in [5, 5.41) is 1.80. The number of sulfone groups is 1. The lowest BCUT2D eigenvalue weighted by Crippen LogP contribution is -2.14. The first kappa shape index (κ1) is 13.7. The Bertz CT molecular complexity index is 723. The van der Waals surface area contributed by atoms with Crippen LogP contribution < -0.4 is 5.73 Å². The second-order valence-electron chi connectivity index (χ2n) is 4.24. The lowest BCUT2D eigenvalue weighted by atomic mass is 10.1. The molecule has 0 spiro atoms. The van der Waals surface area contributed by atoms with Crippen molar-refractivity contribution in [1.82, 2.24) is 0 Å². The summed E-state index contributed by atoms with van der Waals surface area (Å²) in [7, 11) is -3.56. The fraction of sp³-hybridized carbons (Fsp3) is 0.143. The fourth-order valence-corrected chi connectivity index (χ4v) is 3.24. The molecule has 0 unspecified atom stereocenters. The maximum absolute atomic E-state index is 12.5. The Labute approximate surface area is 111 Å². The lowest BCUT2D eigenvalue weighted by Gasteiger charge is -2.07. The monoisotopic (exact) mass is 279 g/mol. The van der Waals surface area contributed by atoms with Gasteiger partial charge in [0.25, 0.3) is 0 Å². The van der Waals surface area contributed by atoms with E-state index >= 15 is 0 Å². The van der Waals surface area contributed by atoms with Crippen molar-refractivity contribution >= 4 is 20.6 Å². The molecule has 0 bridgehead atoms. The number of benzene rings is 2. The van der Waals surface area contributed by atoms with E-state index in [0.717, 1.165) is 10.8 Å². The number of nitrogens with two attached hydrogens (primary N) is 1. The summed E-state index contributed by atoms with van der Waals surface area (Å²) < 4.78 is 36.7. The van der Waals surface area contributed by atoms with Gasteiger partial charge < -0.3 is 5.73 Å². The van der Waals surface area contributed by atoms with Crippen LogP contribution in [0.1, 0.15) is 0 Å². The Morgan fingerprint density at radius 1 is 1.16 bits per heavy atom. The van der Waals surface area contributed by atoms with Crippen molar-refractivity contribution in [2.24, 2.45) is 5.73 Å². The molecule has 0 heterocycles. The van der Waals surface area contributed by atoms with Gasteiger partial charge in [-0.05, 0) is 28.5 Å². The van der Waals surface area contributed by atoms with Crippen molar-refractivity contribution in [2.75, 3.05) is 12.3 Å². The summed E-state index contributed by atoms with van der Waals surface area (Å²) in [5.41, 5.74) is 5.35. The molecular weight excluding hydrogens is 265 g/mol. The zero-order valence-corrected chi connectivity index (χ0v) is 11.0. The maximum atomic E-state index is 12.5. The van der Waals surface area contributed by atoms with Crippen LogP contribution in [0.15, 0.2) is 59.3 Å². The Hall–Kier alpha value is -1.72. The van der Waals surface area contributed by atoms with Crippen LogP contribution in [0.4, 0.5) is 4.39 Å². The SMILES string of the molecule is NC/C(=C\F)CS(=O)(=O)c1ccc2ccccc2c1. The molecule has 0 amide bonds. The molecule has 0 aliphatic heterocycles. The minimum Gasteiger partial charge on any atom is -0.327 e. The summed E-state index contributed by atoms with van der Waals surface area (Å²) in [4.78, 5) is 0.180. The predicted molar refractivity (Wildman–Crippen MR) is 74.2 cm³/mol. The van der Waals surface area contributed by atoms with Gasteiger partial charge in [0.05, 0.1) is 17.0 Å². The van der Waals surface area contributed by atoms with Crippen LogP contribution in [-0.4, -0.2) is 20.7 Å². The first-order chi connectivity index (χ1) is 9.06. The minimum absolute atomic E-state index is 0.0631. The number of halogens is 1. The molecule has 2 aromatic carbocycles. The van der Waals surface area contributed by atoms with Gasteiger partial charge in [0.1, 0.15) is 0 Å². The van der Waals surface area contributed by atoms with Gasteiger partial charge in [-0.25, -0.2) is 12.8 Å². The van der Waals surface area contributed by atoms with E-state index in [1.807, 2.05) is 24.3 Å². The highest BCUT2D eigenvalue weighted by Gasteiger charge is 2.16. The Morgan fingerprint density at radius 3 is 2.47 bits per heavy atom. The number of hydrogen-bond donors (Lipinski definition) is 1. The van der Waals surface area contributed by atoms with Crippen molar-refractivity contribution < 1.29 is 12.8 Å². The molecule has 0 atom stereocenters. The summed E-state index contributed by atoms with van der Waals surface area (Å²) >= 11 is 0. The number of hydrogen-bond acceptors (Lipinski definition) is 3. The van der Waals surface area contributed by atoms with Gasteiger partial charge >= 0.3 is 0 Å². The lowest BCUT2D eigenvalue weighted by molar-refractivity contribution is 0.597. The second kappa shape index (κ2) is 5.50. The van der Waals surface area contributed by atoms with Gasteiger partial charge in [-0.2, -0.15) is 0 Å². The molecule has 0 saturated carbocycles. The molecule has 2 N–H and O–H groups in total. The summed E-state index contributed by atoms with van der Waals surface area (Å²) in [6, 6.07) is 12.3. The molecule has 3 nitrogen and oxygen atoms in total. The Morgan fingerprint density at radius 2 is 1.84 bits per heavy atom. The molecular formula is C14H14FNO2S. The van der Waals surface area contributed by atoms with E-state index < -0.39 is 15.6 Å². The summed E-state index contributed by atoms with van der Waals surface area (Å²) in [6.45, 7) is -0.108. The minimum atomic E-state index is -3.56. The van der Waals surface area contributed by atoms with Crippen LogP contribution >= 0.6 is 0 Å². The normalized spacial score (nSPS) is 12.8. The van der Waals surface area contributed by atoms with E-state index in [9.17, 15) is 12.8 Å². The molecule has 0 fully saturated rings. The second-order valence-corrected chi connectivity index (χ2v) is 6.23. The van der Waals surface area contributed by atoms with Gasteiger partial charge in [0, 0.05) is 6.54 Å². The topological polar surface area (TPSA) is 60.2 Å². The zero-order chi connectivity index (χ0) is 13.9. The van der Waals surface area contributed by atoms with E-state index in [1.165, 1.54) is 6.07 Å². The average molecular weight is 279 g/mol. The van der Waals surface area contributed by atoms with Crippen LogP contribution in [0.3, 0.4) is 0 Å². The third kappa shape index (κ3) is 3.00. The van der Waals surface area contributed by atoms with Crippen molar-refractivity contribution in [3.8, 4) is 0 Å². The van der Waals surface area contributed by atoms with Gasteiger partial charge in [0.2, 0.25) is 0 Å². The Balaban J connectivity index is 2.43. The summed E-state index contributed by atoms with van der Waals surface area (Å²) in [5.74, 6) is -0.391. The smallest absolute Gasteiger partial charge is 0.182 e. The molecule has 19 heavy (non-hydrogen) atoms. The molecule has 0 aliphatic carbocycles. The zero-order valence-electron chi connectivity index (χ0n) is 10.2. The number of fused-ring (bicyclic) bond motifs is 1. The molecule has 0 saturated heterocycles. The molecule has 0 aromatic heterocycles. The fourth-order valence-electron chi connectivity index (χ4n) is 1.82. The third-order valence-electron chi connectivity index (χ3n) is 2.87. The van der Waals surface area contributed by atoms with E-state index in [1.54, 1.807) is 12.1 Å². The van der Waals surface area contributed by atoms with Crippen molar-refractivity contribution in [2.45, 2.75) is 4.90 Å². The highest BCUT2D eigenvalue weighted by atomic mass is 32.2. The molecule has 0 radical (unpaired) electrons. The van der Waals surface area contributed by atoms with E-state index in [-0.39, 0.29) is 23.3 Å². The van der Waals surface area contributed by atoms with Crippen LogP contribution in [0, 0.1) is 0 Å². The first-order valence-electron chi connectivity index (χ1n) is 5.76. The highest BCUT2D eigenvalue weighted by Crippen LogP contribution is 2.20. The van der Waals surface area contributed by atoms with Gasteiger partial charge in [-0.15, -0.1) is 0 Å². The van der Waals surface area contributed by atoms with Crippen molar-refractivity contribution in [3.05, 3.63) is 54.4 Å². The standard InChI is InChI=1S/C14H14FNO2S/c15-8-11(9-16)10-19(17,18)14-6-5-12-3-1-2-4-13(12)7-14/h1-8H,9-10,16H2/b11-8+. The average Bonchev–Trinajstić information content (AvgIpc) is 2.44. The van der Waals surface area contributed by atoms with Crippen LogP contribution in [0.5, 0.6) is 0 Å². The molecule has 5 heteroatoms. The largest absolute Gasteiger partial charge is 0.327 e. The van der Waals surface area contributed by atoms with Crippen LogP contribution in [-0.2, 0) is 9.84 Å². The van der Waals surface area contributed by atoms with E-state index in [4.69, 9.17) is 5.73 Å². The molecule has 0 aliphatic rings. The van der Waals surface area contributed by atoms with Crippen molar-refractivity contribution in [1.29, 1.82) is 0 Å². The molecule has 100 valence electrons. The van der Waals surface area contributed by atoms with Crippen molar-refractivity contribution in [3.63, 3.8) is 0 Å². The van der Waals surface area contributed by atoms with Crippen LogP contribution in [0.2, 0.25) is 0 Å². The quantitative estimate of drug-likeness (QED) is 0.935. The highest BCUT2D eigenvalue weighted by molar-refractivity contribution is 7.91. The number of rotatable bonds is 4. The van der Waals surface area contributed by atoms with Gasteiger partial charge in [-0.1, -0.05) is 30.3 Å². The first-order valence-corrected chi connectivity index (χ1v) is 7.42. The third-order valence-corrected chi connectivity index (χ3v) is 4.59. The van der Waals surface area contributed by atoms with E-state index in [0.29, 0.717) is 0 Å². The molecule has 2 aromatic rings. The molecule has 2 rings (SSSR count). The van der Waals surface area contributed by atoms with Gasteiger partial charge in [0.15, 0.2) is 9.84 Å².